The molecule has 9 heteroatoms. The molecule has 0 spiro atoms. The summed E-state index contributed by atoms with van der Waals surface area (Å²) in [4.78, 5) is 10.0. The number of nitrogens with zero attached hydrogens (tertiary/aromatic N) is 1. The monoisotopic (exact) mass is 319 g/mol. The molecule has 0 bridgehead atoms. The minimum absolute atomic E-state index is 0.0519. The molecular weight excluding hydrogens is 302 g/mol. The smallest absolute Gasteiger partial charge is 0.293 e. The fourth-order valence-electron chi connectivity index (χ4n) is 1.54. The van der Waals surface area contributed by atoms with E-state index in [4.69, 9.17) is 5.73 Å². The predicted octanol–water partition coefficient (Wildman–Crippen LogP) is 1.52. The third-order valence-corrected chi connectivity index (χ3v) is 5.31. The van der Waals surface area contributed by atoms with Crippen LogP contribution in [0.3, 0.4) is 0 Å². The SMILES string of the molecule is CSC(C)CNS(=O)(=O)c1cc([N+](=O)[O-])c(N)cc1C. The topological polar surface area (TPSA) is 115 Å². The van der Waals surface area contributed by atoms with Crippen molar-refractivity contribution >= 4 is 33.2 Å². The normalized spacial score (nSPS) is 13.2. The largest absolute Gasteiger partial charge is 0.393 e. The molecule has 0 saturated heterocycles. The number of sulfonamides is 1. The zero-order valence-corrected chi connectivity index (χ0v) is 13.0. The van der Waals surface area contributed by atoms with E-state index < -0.39 is 20.6 Å². The van der Waals surface area contributed by atoms with Crippen LogP contribution in [0.1, 0.15) is 12.5 Å². The van der Waals surface area contributed by atoms with E-state index in [1.165, 1.54) is 17.8 Å². The Bertz CT molecular complexity index is 616. The molecule has 1 rings (SSSR count). The first-order valence-electron chi connectivity index (χ1n) is 5.76. The zero-order valence-electron chi connectivity index (χ0n) is 11.4. The Labute approximate surface area is 122 Å². The molecule has 0 aliphatic heterocycles. The number of nitro groups is 1. The first kappa shape index (κ1) is 16.7. The second-order valence-corrected chi connectivity index (χ2v) is 7.34. The van der Waals surface area contributed by atoms with Gasteiger partial charge in [-0.15, -0.1) is 0 Å². The van der Waals surface area contributed by atoms with E-state index in [0.717, 1.165) is 6.07 Å². The lowest BCUT2D eigenvalue weighted by Gasteiger charge is -2.12. The highest BCUT2D eigenvalue weighted by Crippen LogP contribution is 2.28. The van der Waals surface area contributed by atoms with Crippen LogP contribution in [0.25, 0.3) is 0 Å². The second kappa shape index (κ2) is 6.42. The van der Waals surface area contributed by atoms with Gasteiger partial charge in [-0.2, -0.15) is 11.8 Å². The quantitative estimate of drug-likeness (QED) is 0.466. The van der Waals surface area contributed by atoms with E-state index >= 15 is 0 Å². The van der Waals surface area contributed by atoms with Gasteiger partial charge in [0.2, 0.25) is 10.0 Å². The van der Waals surface area contributed by atoms with Crippen LogP contribution in [-0.4, -0.2) is 31.4 Å². The van der Waals surface area contributed by atoms with Crippen molar-refractivity contribution < 1.29 is 13.3 Å². The Morgan fingerprint density at radius 3 is 2.60 bits per heavy atom. The van der Waals surface area contributed by atoms with Gasteiger partial charge in [-0.05, 0) is 24.8 Å². The van der Waals surface area contributed by atoms with Gasteiger partial charge in [0.1, 0.15) is 5.69 Å². The third-order valence-electron chi connectivity index (χ3n) is 2.77. The van der Waals surface area contributed by atoms with Crippen molar-refractivity contribution in [2.45, 2.75) is 24.0 Å². The minimum Gasteiger partial charge on any atom is -0.393 e. The molecule has 1 unspecified atom stereocenters. The van der Waals surface area contributed by atoms with Crippen LogP contribution < -0.4 is 10.5 Å². The summed E-state index contributed by atoms with van der Waals surface area (Å²) in [5.41, 5.74) is 5.43. The number of nitro benzene ring substituents is 1. The Morgan fingerprint density at radius 1 is 1.50 bits per heavy atom. The van der Waals surface area contributed by atoms with E-state index in [0.29, 0.717) is 5.56 Å². The number of thioether (sulfide) groups is 1. The number of hydrogen-bond donors (Lipinski definition) is 2. The summed E-state index contributed by atoms with van der Waals surface area (Å²) in [6.07, 6.45) is 1.87. The number of hydrogen-bond acceptors (Lipinski definition) is 6. The molecular formula is C11H17N3O4S2. The molecule has 1 atom stereocenters. The molecule has 0 aromatic heterocycles. The Hall–Kier alpha value is -1.32. The summed E-state index contributed by atoms with van der Waals surface area (Å²) >= 11 is 1.52. The van der Waals surface area contributed by atoms with Gasteiger partial charge in [0.05, 0.1) is 9.82 Å². The summed E-state index contributed by atoms with van der Waals surface area (Å²) in [6, 6.07) is 2.29. The van der Waals surface area contributed by atoms with Crippen molar-refractivity contribution in [3.8, 4) is 0 Å². The Balaban J connectivity index is 3.18. The first-order chi connectivity index (χ1) is 9.19. The molecule has 0 radical (unpaired) electrons. The van der Waals surface area contributed by atoms with Crippen molar-refractivity contribution in [1.29, 1.82) is 0 Å². The van der Waals surface area contributed by atoms with Crippen molar-refractivity contribution in [1.82, 2.24) is 4.72 Å². The predicted molar refractivity (Wildman–Crippen MR) is 80.4 cm³/mol. The van der Waals surface area contributed by atoms with Crippen molar-refractivity contribution in [3.05, 3.63) is 27.8 Å². The lowest BCUT2D eigenvalue weighted by molar-refractivity contribution is -0.384. The van der Waals surface area contributed by atoms with Gasteiger partial charge >= 0.3 is 0 Å². The number of rotatable bonds is 6. The molecule has 0 aliphatic rings. The summed E-state index contributed by atoms with van der Waals surface area (Å²) in [5, 5.41) is 10.9. The van der Waals surface area contributed by atoms with Crippen LogP contribution in [0.5, 0.6) is 0 Å². The van der Waals surface area contributed by atoms with Crippen molar-refractivity contribution in [2.24, 2.45) is 0 Å². The summed E-state index contributed by atoms with van der Waals surface area (Å²) in [7, 11) is -3.79. The highest BCUT2D eigenvalue weighted by molar-refractivity contribution is 7.99. The van der Waals surface area contributed by atoms with E-state index in [9.17, 15) is 18.5 Å². The van der Waals surface area contributed by atoms with Gasteiger partial charge in [0, 0.05) is 17.9 Å². The van der Waals surface area contributed by atoms with Gasteiger partial charge in [0.25, 0.3) is 5.69 Å². The zero-order chi connectivity index (χ0) is 15.5. The third kappa shape index (κ3) is 3.84. The summed E-state index contributed by atoms with van der Waals surface area (Å²) < 4.78 is 26.8. The van der Waals surface area contributed by atoms with Gasteiger partial charge in [-0.25, -0.2) is 13.1 Å². The Kier molecular flexibility index (Phi) is 5.37. The first-order valence-corrected chi connectivity index (χ1v) is 8.53. The molecule has 0 fully saturated rings. The highest BCUT2D eigenvalue weighted by atomic mass is 32.2. The van der Waals surface area contributed by atoms with Crippen LogP contribution >= 0.6 is 11.8 Å². The van der Waals surface area contributed by atoms with Crippen molar-refractivity contribution in [3.63, 3.8) is 0 Å². The molecule has 0 heterocycles. The van der Waals surface area contributed by atoms with Crippen LogP contribution in [0.2, 0.25) is 0 Å². The molecule has 3 N–H and O–H groups in total. The second-order valence-electron chi connectivity index (χ2n) is 4.33. The maximum Gasteiger partial charge on any atom is 0.293 e. The number of nitrogens with two attached hydrogens (primary N) is 1. The highest BCUT2D eigenvalue weighted by Gasteiger charge is 2.23. The lowest BCUT2D eigenvalue weighted by atomic mass is 10.2. The maximum atomic E-state index is 12.2. The molecule has 0 saturated carbocycles. The summed E-state index contributed by atoms with van der Waals surface area (Å²) in [6.45, 7) is 3.68. The average Bonchev–Trinajstić information content (AvgIpc) is 2.35. The van der Waals surface area contributed by atoms with E-state index in [2.05, 4.69) is 4.72 Å². The fraction of sp³-hybridized carbons (Fsp3) is 0.455. The number of nitrogens with one attached hydrogen (secondary N) is 1. The molecule has 1 aromatic carbocycles. The van der Waals surface area contributed by atoms with Crippen LogP contribution in [-0.2, 0) is 10.0 Å². The molecule has 1 aromatic rings. The number of benzene rings is 1. The van der Waals surface area contributed by atoms with Crippen molar-refractivity contribution in [2.75, 3.05) is 18.5 Å². The number of anilines is 1. The number of nitrogen functional groups attached to an aromatic ring is 1. The maximum absolute atomic E-state index is 12.2. The molecule has 20 heavy (non-hydrogen) atoms. The van der Waals surface area contributed by atoms with Gasteiger partial charge in [-0.3, -0.25) is 10.1 Å². The lowest BCUT2D eigenvalue weighted by Crippen LogP contribution is -2.30. The Morgan fingerprint density at radius 2 is 2.10 bits per heavy atom. The molecule has 112 valence electrons. The summed E-state index contributed by atoms with van der Waals surface area (Å²) in [5.74, 6) is 0. The van der Waals surface area contributed by atoms with E-state index in [1.807, 2.05) is 13.2 Å². The van der Waals surface area contributed by atoms with Crippen LogP contribution in [0.15, 0.2) is 17.0 Å². The minimum atomic E-state index is -3.79. The number of aryl methyl sites for hydroxylation is 1. The van der Waals surface area contributed by atoms with Crippen LogP contribution in [0, 0.1) is 17.0 Å². The molecule has 0 aliphatic carbocycles. The van der Waals surface area contributed by atoms with Gasteiger partial charge in [-0.1, -0.05) is 6.92 Å². The van der Waals surface area contributed by atoms with Gasteiger partial charge < -0.3 is 5.73 Å². The van der Waals surface area contributed by atoms with Gasteiger partial charge in [0.15, 0.2) is 0 Å². The molecule has 7 nitrogen and oxygen atoms in total. The fourth-order valence-corrected chi connectivity index (χ4v) is 3.27. The average molecular weight is 319 g/mol. The van der Waals surface area contributed by atoms with Crippen LogP contribution in [0.4, 0.5) is 11.4 Å². The molecule has 0 amide bonds. The van der Waals surface area contributed by atoms with E-state index in [-0.39, 0.29) is 22.4 Å². The van der Waals surface area contributed by atoms with E-state index in [1.54, 1.807) is 6.92 Å². The standard InChI is InChI=1S/C11H17N3O4S2/c1-7-4-9(12)10(14(15)16)5-11(7)20(17,18)13-6-8(2)19-3/h4-5,8,13H,6,12H2,1-3H3.